The molecule has 2 heterocycles. The van der Waals surface area contributed by atoms with Crippen molar-refractivity contribution in [2.45, 2.75) is 18.9 Å². The number of nitrogens with zero attached hydrogens (tertiary/aromatic N) is 1. The van der Waals surface area contributed by atoms with Crippen LogP contribution >= 0.6 is 24.0 Å². The normalized spacial score (nSPS) is 19.7. The lowest BCUT2D eigenvalue weighted by Crippen LogP contribution is -2.28. The van der Waals surface area contributed by atoms with Gasteiger partial charge in [0.15, 0.2) is 0 Å². The van der Waals surface area contributed by atoms with Crippen molar-refractivity contribution < 1.29 is 4.74 Å². The van der Waals surface area contributed by atoms with E-state index in [1.165, 1.54) is 12.8 Å². The van der Waals surface area contributed by atoms with E-state index in [-0.39, 0.29) is 12.4 Å². The second kappa shape index (κ2) is 6.16. The van der Waals surface area contributed by atoms with Crippen LogP contribution in [0.5, 0.6) is 5.88 Å². The van der Waals surface area contributed by atoms with Gasteiger partial charge < -0.3 is 10.1 Å². The van der Waals surface area contributed by atoms with E-state index in [0.29, 0.717) is 23.6 Å². The van der Waals surface area contributed by atoms with Gasteiger partial charge in [-0.1, -0.05) is 11.6 Å². The molecule has 1 aliphatic rings. The molecule has 0 aromatic carbocycles. The summed E-state index contributed by atoms with van der Waals surface area (Å²) in [6.07, 6.45) is 4.08. The molecule has 0 spiro atoms. The minimum absolute atomic E-state index is 0. The van der Waals surface area contributed by atoms with Crippen LogP contribution < -0.4 is 10.1 Å². The molecule has 0 saturated carbocycles. The van der Waals surface area contributed by atoms with Crippen molar-refractivity contribution in [2.75, 3.05) is 13.2 Å². The van der Waals surface area contributed by atoms with Crippen molar-refractivity contribution in [1.82, 2.24) is 10.3 Å². The van der Waals surface area contributed by atoms with Gasteiger partial charge in [0.25, 0.3) is 0 Å². The molecule has 84 valence electrons. The molecule has 1 aromatic heterocycles. The van der Waals surface area contributed by atoms with Gasteiger partial charge in [0.1, 0.15) is 11.6 Å². The highest BCUT2D eigenvalue weighted by atomic mass is 35.5. The largest absolute Gasteiger partial charge is 0.475 e. The van der Waals surface area contributed by atoms with E-state index in [9.17, 15) is 0 Å². The first-order valence-electron chi connectivity index (χ1n) is 4.83. The number of aromatic nitrogens is 1. The molecule has 5 heteroatoms. The monoisotopic (exact) mass is 248 g/mol. The number of hydrogen-bond acceptors (Lipinski definition) is 3. The summed E-state index contributed by atoms with van der Waals surface area (Å²) < 4.78 is 5.52. The van der Waals surface area contributed by atoms with Gasteiger partial charge in [-0.25, -0.2) is 4.98 Å². The first kappa shape index (κ1) is 12.6. The molecule has 1 saturated heterocycles. The topological polar surface area (TPSA) is 34.1 Å². The maximum Gasteiger partial charge on any atom is 0.232 e. The van der Waals surface area contributed by atoms with Crippen LogP contribution in [0.1, 0.15) is 12.8 Å². The number of hydrogen-bond donors (Lipinski definition) is 1. The van der Waals surface area contributed by atoms with E-state index < -0.39 is 0 Å². The highest BCUT2D eigenvalue weighted by Crippen LogP contribution is 2.20. The molecule has 0 radical (unpaired) electrons. The second-order valence-electron chi connectivity index (χ2n) is 3.39. The third kappa shape index (κ3) is 3.52. The molecule has 0 bridgehead atoms. The van der Waals surface area contributed by atoms with Gasteiger partial charge in [-0.15, -0.1) is 12.4 Å². The van der Waals surface area contributed by atoms with Crippen LogP contribution in [-0.2, 0) is 0 Å². The molecule has 1 atom stereocenters. The summed E-state index contributed by atoms with van der Waals surface area (Å²) in [7, 11) is 0. The van der Waals surface area contributed by atoms with Crippen LogP contribution in [-0.4, -0.2) is 24.2 Å². The Kier molecular flexibility index (Phi) is 5.15. The molecular formula is C10H14Cl2N2O. The van der Waals surface area contributed by atoms with Gasteiger partial charge in [0.2, 0.25) is 5.88 Å². The minimum Gasteiger partial charge on any atom is -0.475 e. The number of ether oxygens (including phenoxy) is 1. The SMILES string of the molecule is Cl.Clc1cccnc1OC[C@H]1CCCN1. The zero-order valence-electron chi connectivity index (χ0n) is 8.28. The Hall–Kier alpha value is -0.510. The van der Waals surface area contributed by atoms with Gasteiger partial charge in [0, 0.05) is 12.2 Å². The van der Waals surface area contributed by atoms with Crippen LogP contribution in [0.15, 0.2) is 18.3 Å². The van der Waals surface area contributed by atoms with Gasteiger partial charge in [-0.2, -0.15) is 0 Å². The summed E-state index contributed by atoms with van der Waals surface area (Å²) in [5, 5.41) is 3.92. The van der Waals surface area contributed by atoms with Crippen LogP contribution in [0.2, 0.25) is 5.02 Å². The van der Waals surface area contributed by atoms with Gasteiger partial charge in [-0.3, -0.25) is 0 Å². The Bertz CT molecular complexity index is 303. The number of pyridine rings is 1. The number of nitrogens with one attached hydrogen (secondary N) is 1. The third-order valence-electron chi connectivity index (χ3n) is 2.31. The summed E-state index contributed by atoms with van der Waals surface area (Å²) in [5.41, 5.74) is 0. The number of rotatable bonds is 3. The molecule has 15 heavy (non-hydrogen) atoms. The third-order valence-corrected chi connectivity index (χ3v) is 2.60. The summed E-state index contributed by atoms with van der Waals surface area (Å²) in [4.78, 5) is 4.06. The zero-order valence-corrected chi connectivity index (χ0v) is 9.85. The molecule has 1 aliphatic heterocycles. The van der Waals surface area contributed by atoms with Crippen molar-refractivity contribution in [3.63, 3.8) is 0 Å². The minimum atomic E-state index is 0. The summed E-state index contributed by atoms with van der Waals surface area (Å²) >= 11 is 5.90. The quantitative estimate of drug-likeness (QED) is 0.892. The van der Waals surface area contributed by atoms with E-state index in [1.807, 2.05) is 0 Å². The molecule has 0 amide bonds. The molecule has 1 aromatic rings. The predicted octanol–water partition coefficient (Wildman–Crippen LogP) is 2.29. The highest BCUT2D eigenvalue weighted by Gasteiger charge is 2.15. The summed E-state index contributed by atoms with van der Waals surface area (Å²) in [5.74, 6) is 0.530. The van der Waals surface area contributed by atoms with E-state index in [0.717, 1.165) is 6.54 Å². The molecule has 1 fully saturated rings. The smallest absolute Gasteiger partial charge is 0.232 e. The first-order chi connectivity index (χ1) is 6.86. The highest BCUT2D eigenvalue weighted by molar-refractivity contribution is 6.31. The lowest BCUT2D eigenvalue weighted by molar-refractivity contribution is 0.268. The van der Waals surface area contributed by atoms with E-state index >= 15 is 0 Å². The van der Waals surface area contributed by atoms with Crippen molar-refractivity contribution in [1.29, 1.82) is 0 Å². The van der Waals surface area contributed by atoms with E-state index in [2.05, 4.69) is 10.3 Å². The molecule has 0 unspecified atom stereocenters. The Balaban J connectivity index is 0.00000112. The predicted molar refractivity (Wildman–Crippen MR) is 63.0 cm³/mol. The fraction of sp³-hybridized carbons (Fsp3) is 0.500. The average Bonchev–Trinajstić information content (AvgIpc) is 2.69. The van der Waals surface area contributed by atoms with Crippen LogP contribution in [0.3, 0.4) is 0 Å². The Morgan fingerprint density at radius 3 is 3.13 bits per heavy atom. The van der Waals surface area contributed by atoms with E-state index in [4.69, 9.17) is 16.3 Å². The Labute approximate surface area is 101 Å². The maximum atomic E-state index is 5.90. The van der Waals surface area contributed by atoms with Crippen molar-refractivity contribution in [3.05, 3.63) is 23.4 Å². The average molecular weight is 249 g/mol. The Morgan fingerprint density at radius 1 is 1.60 bits per heavy atom. The van der Waals surface area contributed by atoms with E-state index in [1.54, 1.807) is 18.3 Å². The molecule has 3 nitrogen and oxygen atoms in total. The second-order valence-corrected chi connectivity index (χ2v) is 3.80. The first-order valence-corrected chi connectivity index (χ1v) is 5.21. The fourth-order valence-electron chi connectivity index (χ4n) is 1.56. The molecule has 0 aliphatic carbocycles. The molecule has 2 rings (SSSR count). The lowest BCUT2D eigenvalue weighted by Gasteiger charge is -2.11. The summed E-state index contributed by atoms with van der Waals surface area (Å²) in [6.45, 7) is 1.74. The van der Waals surface area contributed by atoms with Crippen molar-refractivity contribution in [2.24, 2.45) is 0 Å². The fourth-order valence-corrected chi connectivity index (χ4v) is 1.73. The summed E-state index contributed by atoms with van der Waals surface area (Å²) in [6, 6.07) is 4.03. The standard InChI is InChI=1S/C10H13ClN2O.ClH/c11-9-4-2-6-13-10(9)14-7-8-3-1-5-12-8;/h2,4,6,8,12H,1,3,5,7H2;1H/t8-;/m1./s1. The lowest BCUT2D eigenvalue weighted by atomic mass is 10.2. The van der Waals surface area contributed by atoms with Gasteiger partial charge >= 0.3 is 0 Å². The molecule has 1 N–H and O–H groups in total. The van der Waals surface area contributed by atoms with Gasteiger partial charge in [-0.05, 0) is 31.5 Å². The van der Waals surface area contributed by atoms with Gasteiger partial charge in [0.05, 0.1) is 0 Å². The Morgan fingerprint density at radius 2 is 2.47 bits per heavy atom. The van der Waals surface area contributed by atoms with Crippen molar-refractivity contribution in [3.8, 4) is 5.88 Å². The van der Waals surface area contributed by atoms with Crippen molar-refractivity contribution >= 4 is 24.0 Å². The maximum absolute atomic E-state index is 5.90. The molecular weight excluding hydrogens is 235 g/mol. The van der Waals surface area contributed by atoms with Crippen LogP contribution in [0.4, 0.5) is 0 Å². The van der Waals surface area contributed by atoms with Crippen LogP contribution in [0.25, 0.3) is 0 Å². The number of halogens is 2. The zero-order chi connectivity index (χ0) is 9.80. The van der Waals surface area contributed by atoms with Crippen LogP contribution in [0, 0.1) is 0 Å².